The molecule has 4 aromatic rings. The first-order valence-corrected chi connectivity index (χ1v) is 21.6. The zero-order chi connectivity index (χ0) is 43.1. The Hall–Kier alpha value is -5.48. The van der Waals surface area contributed by atoms with Crippen LogP contribution in [0.5, 0.6) is 11.5 Å². The molecule has 2 fully saturated rings. The van der Waals surface area contributed by atoms with Gasteiger partial charge in [0.1, 0.15) is 45.0 Å². The number of carbonyl (C=O) groups excluding carboxylic acids is 4. The molecule has 2 aliphatic rings. The van der Waals surface area contributed by atoms with Gasteiger partial charge in [-0.25, -0.2) is 22.9 Å². The topological polar surface area (TPSA) is 182 Å². The molecule has 1 saturated heterocycles. The van der Waals surface area contributed by atoms with Crippen molar-refractivity contribution >= 4 is 56.1 Å². The number of hydrogen-bond donors (Lipinski definition) is 3. The molecule has 2 aromatic carbocycles. The molecule has 4 amide bonds. The molecule has 59 heavy (non-hydrogen) atoms. The molecule has 6 atom stereocenters. The van der Waals surface area contributed by atoms with Crippen LogP contribution >= 0.6 is 11.3 Å². The largest absolute Gasteiger partial charge is 0.497 e. The maximum atomic E-state index is 14.8. The first-order valence-electron chi connectivity index (χ1n) is 19.2. The van der Waals surface area contributed by atoms with Gasteiger partial charge in [-0.15, -0.1) is 17.9 Å². The Morgan fingerprint density at radius 1 is 1.02 bits per heavy atom. The Bertz CT molecular complexity index is 2360. The number of benzene rings is 2. The van der Waals surface area contributed by atoms with E-state index in [4.69, 9.17) is 19.2 Å². The molecule has 6 rings (SSSR count). The molecular weight excluding hydrogens is 795 g/mol. The lowest BCUT2D eigenvalue weighted by atomic mass is 9.85. The van der Waals surface area contributed by atoms with Crippen LogP contribution in [0.3, 0.4) is 0 Å². The van der Waals surface area contributed by atoms with Crippen molar-refractivity contribution in [3.05, 3.63) is 84.8 Å². The monoisotopic (exact) mass is 845 g/mol. The number of pyridine rings is 1. The van der Waals surface area contributed by atoms with Crippen LogP contribution in [0.2, 0.25) is 0 Å². The number of thiophene rings is 1. The van der Waals surface area contributed by atoms with Crippen LogP contribution < -0.4 is 24.8 Å². The highest BCUT2D eigenvalue weighted by Crippen LogP contribution is 2.52. The van der Waals surface area contributed by atoms with Crippen molar-refractivity contribution in [1.82, 2.24) is 25.2 Å². The predicted octanol–water partition coefficient (Wildman–Crippen LogP) is 6.07. The molecule has 314 valence electrons. The Morgan fingerprint density at radius 3 is 2.32 bits per heavy atom. The number of likely N-dealkylation sites (tertiary alicyclic amines) is 1. The third-order valence-corrected chi connectivity index (χ3v) is 13.3. The quantitative estimate of drug-likeness (QED) is 0.142. The number of fused-ring (bicyclic) bond motifs is 1. The highest BCUT2D eigenvalue weighted by atomic mass is 32.2. The number of aromatic nitrogens is 1. The second-order valence-electron chi connectivity index (χ2n) is 17.0. The van der Waals surface area contributed by atoms with E-state index in [2.05, 4.69) is 21.9 Å². The number of methoxy groups -OCH3 is 1. The summed E-state index contributed by atoms with van der Waals surface area (Å²) >= 11 is 0.945. The molecule has 1 unspecified atom stereocenters. The van der Waals surface area contributed by atoms with Gasteiger partial charge in [-0.05, 0) is 55.7 Å². The third kappa shape index (κ3) is 9.08. The van der Waals surface area contributed by atoms with E-state index in [-0.39, 0.29) is 17.2 Å². The minimum Gasteiger partial charge on any atom is -0.497 e. The van der Waals surface area contributed by atoms with Gasteiger partial charge in [0.2, 0.25) is 11.8 Å². The predicted molar refractivity (Wildman–Crippen MR) is 224 cm³/mol. The van der Waals surface area contributed by atoms with Gasteiger partial charge in [0.15, 0.2) is 0 Å². The number of amides is 4. The standard InChI is InChI=1S/C43H51N5O9S2/c1-10-30-25(2)43(30,39(51)47-59(53,54)35-17-14-20-58-35)46-37(49)33-22-28(24-48(33)38(50)36(41(3,4)5)45-40(52)57-42(6,7)8)56-34-23-31(26-15-12-11-13-16-26)44-32-21-27(55-9)18-19-29(32)34/h10-21,23,25,28,30,33,36H,1,22,24H2,2-9H3,(H,45,52)(H,46,49)(H,47,51)/t25-,28+,30?,33-,36+,43+/m0/s1. The fourth-order valence-corrected chi connectivity index (χ4v) is 9.53. The van der Waals surface area contributed by atoms with Crippen LogP contribution in [0, 0.1) is 17.3 Å². The molecule has 0 radical (unpaired) electrons. The molecule has 14 nitrogen and oxygen atoms in total. The Kier molecular flexibility index (Phi) is 11.9. The SMILES string of the molecule is C=CC1[C@H](C)[C@]1(NC(=O)[C@@H]1C[C@@H](Oc2cc(-c3ccccc3)nc3cc(OC)ccc23)CN1C(=O)[C@@H](NC(=O)OC(C)(C)C)C(C)(C)C)C(=O)NS(=O)(=O)c1cccs1. The summed E-state index contributed by atoms with van der Waals surface area (Å²) in [6.45, 7) is 15.9. The van der Waals surface area contributed by atoms with Crippen molar-refractivity contribution in [2.45, 2.75) is 88.4 Å². The van der Waals surface area contributed by atoms with Crippen LogP contribution in [0.25, 0.3) is 22.2 Å². The van der Waals surface area contributed by atoms with E-state index >= 15 is 0 Å². The van der Waals surface area contributed by atoms with Crippen molar-refractivity contribution in [1.29, 1.82) is 0 Å². The van der Waals surface area contributed by atoms with Crippen molar-refractivity contribution in [2.75, 3.05) is 13.7 Å². The second-order valence-corrected chi connectivity index (χ2v) is 19.8. The van der Waals surface area contributed by atoms with Gasteiger partial charge in [-0.3, -0.25) is 14.4 Å². The number of nitrogens with zero attached hydrogens (tertiary/aromatic N) is 2. The number of nitrogens with one attached hydrogen (secondary N) is 3. The summed E-state index contributed by atoms with van der Waals surface area (Å²) in [6, 6.07) is 17.3. The summed E-state index contributed by atoms with van der Waals surface area (Å²) in [4.78, 5) is 62.7. The molecule has 3 heterocycles. The Labute approximate surface area is 348 Å². The number of rotatable bonds is 12. The van der Waals surface area contributed by atoms with Gasteiger partial charge in [-0.2, -0.15) is 0 Å². The molecular formula is C43H51N5O9S2. The van der Waals surface area contributed by atoms with Crippen molar-refractivity contribution in [2.24, 2.45) is 17.3 Å². The van der Waals surface area contributed by atoms with E-state index in [0.717, 1.165) is 16.9 Å². The zero-order valence-corrected chi connectivity index (χ0v) is 36.0. The average molecular weight is 846 g/mol. The average Bonchev–Trinajstić information content (AvgIpc) is 3.57. The lowest BCUT2D eigenvalue weighted by Gasteiger charge is -2.36. The van der Waals surface area contributed by atoms with Crippen molar-refractivity contribution in [3.8, 4) is 22.8 Å². The molecule has 1 aliphatic heterocycles. The summed E-state index contributed by atoms with van der Waals surface area (Å²) in [6.07, 6.45) is -0.0852. The number of sulfonamides is 1. The first-order chi connectivity index (χ1) is 27.7. The van der Waals surface area contributed by atoms with Crippen LogP contribution in [0.15, 0.2) is 89.0 Å². The van der Waals surface area contributed by atoms with Crippen molar-refractivity contribution in [3.63, 3.8) is 0 Å². The number of carbonyl (C=O) groups is 4. The molecule has 2 aromatic heterocycles. The maximum absolute atomic E-state index is 14.8. The Morgan fingerprint density at radius 2 is 1.73 bits per heavy atom. The van der Waals surface area contributed by atoms with E-state index < -0.39 is 80.4 Å². The van der Waals surface area contributed by atoms with E-state index in [1.807, 2.05) is 36.4 Å². The van der Waals surface area contributed by atoms with E-state index in [1.165, 1.54) is 17.0 Å². The van der Waals surface area contributed by atoms with Crippen molar-refractivity contribution < 1.29 is 41.8 Å². The fourth-order valence-electron chi connectivity index (χ4n) is 7.51. The second kappa shape index (κ2) is 16.3. The van der Waals surface area contributed by atoms with Crippen LogP contribution in [-0.4, -0.2) is 85.1 Å². The van der Waals surface area contributed by atoms with E-state index in [0.29, 0.717) is 28.1 Å². The number of hydrogen-bond acceptors (Lipinski definition) is 11. The summed E-state index contributed by atoms with van der Waals surface area (Å²) in [7, 11) is -2.69. The molecule has 1 saturated carbocycles. The highest BCUT2D eigenvalue weighted by molar-refractivity contribution is 7.92. The van der Waals surface area contributed by atoms with Crippen LogP contribution in [0.1, 0.15) is 54.9 Å². The van der Waals surface area contributed by atoms with Crippen LogP contribution in [0.4, 0.5) is 4.79 Å². The lowest BCUT2D eigenvalue weighted by molar-refractivity contribution is -0.143. The van der Waals surface area contributed by atoms with Crippen LogP contribution in [-0.2, 0) is 29.1 Å². The summed E-state index contributed by atoms with van der Waals surface area (Å²) < 4.78 is 46.2. The lowest BCUT2D eigenvalue weighted by Crippen LogP contribution is -2.60. The fraction of sp³-hybridized carbons (Fsp3) is 0.419. The zero-order valence-electron chi connectivity index (χ0n) is 34.4. The highest BCUT2D eigenvalue weighted by Gasteiger charge is 2.68. The minimum absolute atomic E-state index is 0.0140. The number of ether oxygens (including phenoxy) is 3. The van der Waals surface area contributed by atoms with Gasteiger partial charge in [-0.1, -0.05) is 70.2 Å². The maximum Gasteiger partial charge on any atom is 0.408 e. The summed E-state index contributed by atoms with van der Waals surface area (Å²) in [5.74, 6) is -2.31. The molecule has 3 N–H and O–H groups in total. The smallest absolute Gasteiger partial charge is 0.408 e. The van der Waals surface area contributed by atoms with Gasteiger partial charge >= 0.3 is 6.09 Å². The van der Waals surface area contributed by atoms with Gasteiger partial charge < -0.3 is 29.7 Å². The third-order valence-electron chi connectivity index (χ3n) is 10.6. The summed E-state index contributed by atoms with van der Waals surface area (Å²) in [5, 5.41) is 7.82. The van der Waals surface area contributed by atoms with E-state index in [1.54, 1.807) is 85.2 Å². The van der Waals surface area contributed by atoms with Gasteiger partial charge in [0.25, 0.3) is 15.9 Å². The Balaban J connectivity index is 1.37. The van der Waals surface area contributed by atoms with Gasteiger partial charge in [0, 0.05) is 35.4 Å². The minimum atomic E-state index is -4.25. The molecule has 0 bridgehead atoms. The molecule has 16 heteroatoms. The van der Waals surface area contributed by atoms with Gasteiger partial charge in [0.05, 0.1) is 24.9 Å². The molecule has 0 spiro atoms. The first kappa shape index (κ1) is 43.1. The normalized spacial score (nSPS) is 22.2. The summed E-state index contributed by atoms with van der Waals surface area (Å²) in [5.41, 5.74) is -1.33. The molecule has 1 aliphatic carbocycles. The van der Waals surface area contributed by atoms with E-state index in [9.17, 15) is 27.6 Å². The number of alkyl carbamates (subject to hydrolysis) is 1.